The molecule has 2 heterocycles. The summed E-state index contributed by atoms with van der Waals surface area (Å²) in [5.74, 6) is 0.555. The van der Waals surface area contributed by atoms with Crippen molar-refractivity contribution in [2.75, 3.05) is 25.1 Å². The molecule has 2 aromatic rings. The van der Waals surface area contributed by atoms with Crippen LogP contribution in [0.4, 0.5) is 10.6 Å². The molecule has 0 radical (unpaired) electrons. The summed E-state index contributed by atoms with van der Waals surface area (Å²) in [4.78, 5) is 15.8. The summed E-state index contributed by atoms with van der Waals surface area (Å²) in [5.41, 5.74) is 0. The van der Waals surface area contributed by atoms with Crippen LogP contribution in [0, 0.1) is 0 Å². The number of nitrogens with zero attached hydrogens (tertiary/aromatic N) is 4. The minimum Gasteiger partial charge on any atom is -0.381 e. The molecule has 8 nitrogen and oxygen atoms in total. The van der Waals surface area contributed by atoms with Crippen molar-refractivity contribution in [1.82, 2.24) is 24.6 Å². The molecule has 0 aliphatic heterocycles. The monoisotopic (exact) mass is 348 g/mol. The molecule has 2 amide bonds. The Balaban J connectivity index is 1.56. The first-order valence-electron chi connectivity index (χ1n) is 8.89. The second-order valence-electron chi connectivity index (χ2n) is 5.82. The standard InChI is InChI=1S/C17H28N6O2/c1-2-3-13-25-14-4-7-19-17(24)20-16-6-11-23(21-16)10-5-9-22-12-8-18-15-22/h6,8,11-12,15H,2-5,7,9-10,13-14H2,1H3,(H2,19,20,21,24). The van der Waals surface area contributed by atoms with E-state index in [1.54, 1.807) is 18.6 Å². The first kappa shape index (κ1) is 19.0. The van der Waals surface area contributed by atoms with Gasteiger partial charge in [0.1, 0.15) is 0 Å². The van der Waals surface area contributed by atoms with Gasteiger partial charge in [-0.25, -0.2) is 9.78 Å². The Bertz CT molecular complexity index is 596. The van der Waals surface area contributed by atoms with Crippen LogP contribution in [0.5, 0.6) is 0 Å². The number of urea groups is 1. The molecule has 0 unspecified atom stereocenters. The third-order valence-corrected chi connectivity index (χ3v) is 3.64. The van der Waals surface area contributed by atoms with Crippen molar-refractivity contribution < 1.29 is 9.53 Å². The fourth-order valence-corrected chi connectivity index (χ4v) is 2.27. The molecule has 138 valence electrons. The fraction of sp³-hybridized carbons (Fsp3) is 0.588. The lowest BCUT2D eigenvalue weighted by Crippen LogP contribution is -2.30. The number of aryl methyl sites for hydroxylation is 2. The minimum absolute atomic E-state index is 0.239. The second kappa shape index (κ2) is 11.2. The van der Waals surface area contributed by atoms with E-state index in [1.807, 2.05) is 21.6 Å². The number of aromatic nitrogens is 4. The summed E-state index contributed by atoms with van der Waals surface area (Å²) in [6.45, 7) is 5.87. The molecule has 0 aromatic carbocycles. The van der Waals surface area contributed by atoms with Gasteiger partial charge in [0.25, 0.3) is 0 Å². The maximum atomic E-state index is 11.8. The number of ether oxygens (including phenoxy) is 1. The van der Waals surface area contributed by atoms with E-state index >= 15 is 0 Å². The van der Waals surface area contributed by atoms with Crippen LogP contribution in [0.25, 0.3) is 0 Å². The van der Waals surface area contributed by atoms with Crippen LogP contribution in [0.2, 0.25) is 0 Å². The summed E-state index contributed by atoms with van der Waals surface area (Å²) in [6.07, 6.45) is 11.3. The maximum Gasteiger partial charge on any atom is 0.320 e. The molecule has 0 atom stereocenters. The summed E-state index contributed by atoms with van der Waals surface area (Å²) in [7, 11) is 0. The van der Waals surface area contributed by atoms with Gasteiger partial charge in [-0.1, -0.05) is 13.3 Å². The van der Waals surface area contributed by atoms with Crippen molar-refractivity contribution in [3.05, 3.63) is 31.0 Å². The Kier molecular flexibility index (Phi) is 8.54. The number of hydrogen-bond donors (Lipinski definition) is 2. The third-order valence-electron chi connectivity index (χ3n) is 3.64. The molecule has 25 heavy (non-hydrogen) atoms. The predicted molar refractivity (Wildman–Crippen MR) is 96.4 cm³/mol. The molecule has 2 rings (SSSR count). The molecule has 0 saturated carbocycles. The molecule has 0 aliphatic carbocycles. The average Bonchev–Trinajstić information content (AvgIpc) is 3.26. The number of anilines is 1. The lowest BCUT2D eigenvalue weighted by atomic mass is 10.4. The molecule has 0 bridgehead atoms. The third kappa shape index (κ3) is 7.84. The van der Waals surface area contributed by atoms with Gasteiger partial charge in [0.05, 0.1) is 6.33 Å². The van der Waals surface area contributed by atoms with Gasteiger partial charge >= 0.3 is 6.03 Å². The van der Waals surface area contributed by atoms with Crippen LogP contribution in [0.15, 0.2) is 31.0 Å². The van der Waals surface area contributed by atoms with Gasteiger partial charge in [-0.2, -0.15) is 5.10 Å². The van der Waals surface area contributed by atoms with Crippen molar-refractivity contribution >= 4 is 11.8 Å². The van der Waals surface area contributed by atoms with Crippen molar-refractivity contribution in [1.29, 1.82) is 0 Å². The van der Waals surface area contributed by atoms with Crippen molar-refractivity contribution in [3.63, 3.8) is 0 Å². The van der Waals surface area contributed by atoms with E-state index in [-0.39, 0.29) is 6.03 Å². The molecule has 2 N–H and O–H groups in total. The van der Waals surface area contributed by atoms with Gasteiger partial charge in [0.15, 0.2) is 5.82 Å². The van der Waals surface area contributed by atoms with Crippen LogP contribution in [-0.2, 0) is 17.8 Å². The van der Waals surface area contributed by atoms with Crippen LogP contribution >= 0.6 is 0 Å². The smallest absolute Gasteiger partial charge is 0.320 e. The largest absolute Gasteiger partial charge is 0.381 e. The second-order valence-corrected chi connectivity index (χ2v) is 5.82. The first-order valence-corrected chi connectivity index (χ1v) is 8.89. The quantitative estimate of drug-likeness (QED) is 0.577. The highest BCUT2D eigenvalue weighted by Gasteiger charge is 2.04. The predicted octanol–water partition coefficient (Wildman–Crippen LogP) is 2.50. The van der Waals surface area contributed by atoms with Gasteiger partial charge in [-0.15, -0.1) is 0 Å². The fourth-order valence-electron chi connectivity index (χ4n) is 2.27. The van der Waals surface area contributed by atoms with E-state index in [0.29, 0.717) is 19.0 Å². The van der Waals surface area contributed by atoms with Gasteiger partial charge in [0.2, 0.25) is 0 Å². The lowest BCUT2D eigenvalue weighted by molar-refractivity contribution is 0.129. The summed E-state index contributed by atoms with van der Waals surface area (Å²) in [5, 5.41) is 9.89. The molecule has 0 fully saturated rings. The topological polar surface area (TPSA) is 86.0 Å². The van der Waals surface area contributed by atoms with Crippen molar-refractivity contribution in [2.45, 2.75) is 45.7 Å². The number of rotatable bonds is 12. The van der Waals surface area contributed by atoms with E-state index in [4.69, 9.17) is 4.74 Å². The maximum absolute atomic E-state index is 11.8. The van der Waals surface area contributed by atoms with E-state index < -0.39 is 0 Å². The van der Waals surface area contributed by atoms with Gasteiger partial charge in [-0.3, -0.25) is 10.00 Å². The Labute approximate surface area is 148 Å². The highest BCUT2D eigenvalue weighted by molar-refractivity contribution is 5.88. The number of carbonyl (C=O) groups is 1. The van der Waals surface area contributed by atoms with E-state index in [0.717, 1.165) is 45.4 Å². The molecule has 0 saturated heterocycles. The summed E-state index contributed by atoms with van der Waals surface area (Å²) < 4.78 is 9.31. The summed E-state index contributed by atoms with van der Waals surface area (Å²) >= 11 is 0. The van der Waals surface area contributed by atoms with Crippen molar-refractivity contribution in [3.8, 4) is 0 Å². The molecular formula is C17H28N6O2. The van der Waals surface area contributed by atoms with Crippen LogP contribution in [0.1, 0.15) is 32.6 Å². The zero-order valence-electron chi connectivity index (χ0n) is 14.9. The van der Waals surface area contributed by atoms with E-state index in [1.165, 1.54) is 0 Å². The van der Waals surface area contributed by atoms with E-state index in [9.17, 15) is 4.79 Å². The Morgan fingerprint density at radius 3 is 2.88 bits per heavy atom. The zero-order chi connectivity index (χ0) is 17.7. The van der Waals surface area contributed by atoms with Gasteiger partial charge < -0.3 is 14.6 Å². The molecule has 0 aliphatic rings. The van der Waals surface area contributed by atoms with Gasteiger partial charge in [-0.05, 0) is 19.3 Å². The molecule has 2 aromatic heterocycles. The highest BCUT2D eigenvalue weighted by Crippen LogP contribution is 2.03. The van der Waals surface area contributed by atoms with E-state index in [2.05, 4.69) is 27.6 Å². The lowest BCUT2D eigenvalue weighted by Gasteiger charge is -2.06. The SMILES string of the molecule is CCCCOCCCNC(=O)Nc1ccn(CCCn2ccnc2)n1. The molecular weight excluding hydrogens is 320 g/mol. The number of amides is 2. The number of unbranched alkanes of at least 4 members (excludes halogenated alkanes) is 1. The Morgan fingerprint density at radius 2 is 2.08 bits per heavy atom. The Morgan fingerprint density at radius 1 is 1.20 bits per heavy atom. The minimum atomic E-state index is -0.239. The number of imidazole rings is 1. The van der Waals surface area contributed by atoms with Crippen molar-refractivity contribution in [2.24, 2.45) is 0 Å². The first-order chi connectivity index (χ1) is 12.3. The van der Waals surface area contributed by atoms with Crippen LogP contribution in [-0.4, -0.2) is 45.1 Å². The molecule has 0 spiro atoms. The average molecular weight is 348 g/mol. The molecule has 8 heteroatoms. The zero-order valence-corrected chi connectivity index (χ0v) is 14.9. The van der Waals surface area contributed by atoms with Crippen LogP contribution in [0.3, 0.4) is 0 Å². The number of hydrogen-bond acceptors (Lipinski definition) is 4. The number of carbonyl (C=O) groups excluding carboxylic acids is 1. The van der Waals surface area contributed by atoms with Gasteiger partial charge in [0, 0.05) is 57.5 Å². The Hall–Kier alpha value is -2.35. The number of nitrogens with one attached hydrogen (secondary N) is 2. The van der Waals surface area contributed by atoms with Crippen LogP contribution < -0.4 is 10.6 Å². The normalized spacial score (nSPS) is 10.8. The highest BCUT2D eigenvalue weighted by atomic mass is 16.5. The summed E-state index contributed by atoms with van der Waals surface area (Å²) in [6, 6.07) is 1.56.